The number of hydrogen-bond donors (Lipinski definition) is 1. The highest BCUT2D eigenvalue weighted by Gasteiger charge is 2.15. The van der Waals surface area contributed by atoms with E-state index in [0.717, 1.165) is 0 Å². The zero-order valence-electron chi connectivity index (χ0n) is 14.2. The quantitative estimate of drug-likeness (QED) is 0.576. The zero-order chi connectivity index (χ0) is 19.2. The van der Waals surface area contributed by atoms with Crippen LogP contribution < -0.4 is 10.1 Å². The van der Waals surface area contributed by atoms with Gasteiger partial charge in [0.25, 0.3) is 0 Å². The molecule has 1 amide bonds. The summed E-state index contributed by atoms with van der Waals surface area (Å²) in [6.45, 7) is 2.42. The van der Waals surface area contributed by atoms with Crippen LogP contribution in [0.15, 0.2) is 47.6 Å². The second-order valence-electron chi connectivity index (χ2n) is 5.24. The summed E-state index contributed by atoms with van der Waals surface area (Å²) in [6, 6.07) is 12.3. The summed E-state index contributed by atoms with van der Waals surface area (Å²) in [7, 11) is 0. The number of nitrogens with zero attached hydrogens (tertiary/aromatic N) is 4. The van der Waals surface area contributed by atoms with E-state index in [1.54, 1.807) is 18.2 Å². The number of amides is 1. The minimum atomic E-state index is -0.239. The topological polar surface area (TPSA) is 81.9 Å². The first-order valence-electron chi connectivity index (χ1n) is 7.96. The standard InChI is InChI=1S/C17H15Cl2N5O2S/c1-2-26-15-6-4-3-5-14(15)24-17(21-22-23-24)27-10-16(25)20-13-8-7-11(18)9-12(13)19/h3-9H,2,10H2,1H3,(H,20,25). The molecule has 0 bridgehead atoms. The second-order valence-corrected chi connectivity index (χ2v) is 7.02. The lowest BCUT2D eigenvalue weighted by atomic mass is 10.3. The molecule has 7 nitrogen and oxygen atoms in total. The van der Waals surface area contributed by atoms with Crippen molar-refractivity contribution in [3.8, 4) is 11.4 Å². The number of benzene rings is 2. The van der Waals surface area contributed by atoms with Crippen molar-refractivity contribution in [3.63, 3.8) is 0 Å². The van der Waals surface area contributed by atoms with Crippen LogP contribution in [-0.4, -0.2) is 38.5 Å². The summed E-state index contributed by atoms with van der Waals surface area (Å²) in [5.74, 6) is 0.527. The molecule has 0 spiro atoms. The van der Waals surface area contributed by atoms with Crippen molar-refractivity contribution >= 4 is 46.6 Å². The van der Waals surface area contributed by atoms with Crippen molar-refractivity contribution < 1.29 is 9.53 Å². The molecule has 140 valence electrons. The van der Waals surface area contributed by atoms with Crippen molar-refractivity contribution in [1.82, 2.24) is 20.2 Å². The van der Waals surface area contributed by atoms with Crippen LogP contribution in [0.3, 0.4) is 0 Å². The van der Waals surface area contributed by atoms with E-state index in [1.807, 2.05) is 31.2 Å². The van der Waals surface area contributed by atoms with Crippen molar-refractivity contribution in [1.29, 1.82) is 0 Å². The number of halogens is 2. The molecule has 27 heavy (non-hydrogen) atoms. The first-order chi connectivity index (χ1) is 13.1. The monoisotopic (exact) mass is 423 g/mol. The van der Waals surface area contributed by atoms with Gasteiger partial charge in [-0.15, -0.1) is 5.10 Å². The van der Waals surface area contributed by atoms with Gasteiger partial charge in [0.2, 0.25) is 11.1 Å². The largest absolute Gasteiger partial charge is 0.492 e. The Morgan fingerprint density at radius 1 is 1.26 bits per heavy atom. The maximum atomic E-state index is 12.2. The highest BCUT2D eigenvalue weighted by Crippen LogP contribution is 2.27. The van der Waals surface area contributed by atoms with Gasteiger partial charge >= 0.3 is 0 Å². The molecular weight excluding hydrogens is 409 g/mol. The number of hydrogen-bond acceptors (Lipinski definition) is 6. The summed E-state index contributed by atoms with van der Waals surface area (Å²) in [5.41, 5.74) is 1.20. The number of carbonyl (C=O) groups is 1. The second kappa shape index (κ2) is 9.07. The molecule has 0 radical (unpaired) electrons. The van der Waals surface area contributed by atoms with Crippen molar-refractivity contribution in [2.24, 2.45) is 0 Å². The fourth-order valence-electron chi connectivity index (χ4n) is 2.24. The van der Waals surface area contributed by atoms with Gasteiger partial charge in [-0.25, -0.2) is 0 Å². The highest BCUT2D eigenvalue weighted by molar-refractivity contribution is 7.99. The fraction of sp³-hybridized carbons (Fsp3) is 0.176. The van der Waals surface area contributed by atoms with Gasteiger partial charge in [0.15, 0.2) is 0 Å². The predicted molar refractivity (Wildman–Crippen MR) is 106 cm³/mol. The lowest BCUT2D eigenvalue weighted by Gasteiger charge is -2.10. The number of carbonyl (C=O) groups excluding carboxylic acids is 1. The van der Waals surface area contributed by atoms with Crippen LogP contribution in [0.1, 0.15) is 6.92 Å². The van der Waals surface area contributed by atoms with Gasteiger partial charge in [0.1, 0.15) is 11.4 Å². The summed E-state index contributed by atoms with van der Waals surface area (Å²) in [4.78, 5) is 12.2. The van der Waals surface area contributed by atoms with Crippen LogP contribution in [-0.2, 0) is 4.79 Å². The van der Waals surface area contributed by atoms with E-state index in [2.05, 4.69) is 20.8 Å². The third-order valence-corrected chi connectivity index (χ3v) is 4.84. The SMILES string of the molecule is CCOc1ccccc1-n1nnnc1SCC(=O)Nc1ccc(Cl)cc1Cl. The van der Waals surface area contributed by atoms with Gasteiger partial charge in [-0.05, 0) is 47.7 Å². The van der Waals surface area contributed by atoms with Crippen LogP contribution in [0.25, 0.3) is 5.69 Å². The number of thioether (sulfide) groups is 1. The molecule has 0 aliphatic heterocycles. The molecule has 0 aliphatic carbocycles. The summed E-state index contributed by atoms with van der Waals surface area (Å²) < 4.78 is 7.15. The van der Waals surface area contributed by atoms with Gasteiger partial charge in [-0.3, -0.25) is 4.79 Å². The van der Waals surface area contributed by atoms with E-state index in [9.17, 15) is 4.79 Å². The molecule has 0 atom stereocenters. The van der Waals surface area contributed by atoms with Crippen LogP contribution in [0.2, 0.25) is 10.0 Å². The molecule has 2 aromatic carbocycles. The van der Waals surface area contributed by atoms with Crippen LogP contribution in [0.4, 0.5) is 5.69 Å². The van der Waals surface area contributed by atoms with Crippen molar-refractivity contribution in [2.75, 3.05) is 17.7 Å². The molecule has 1 heterocycles. The Labute approximate surface area is 170 Å². The van der Waals surface area contributed by atoms with Crippen molar-refractivity contribution in [2.45, 2.75) is 12.1 Å². The van der Waals surface area contributed by atoms with Crippen LogP contribution >= 0.6 is 35.0 Å². The Bertz CT molecular complexity index is 951. The number of nitrogens with one attached hydrogen (secondary N) is 1. The fourth-order valence-corrected chi connectivity index (χ4v) is 3.38. The van der Waals surface area contributed by atoms with Gasteiger partial charge in [-0.2, -0.15) is 4.68 Å². The first-order valence-corrected chi connectivity index (χ1v) is 9.71. The van der Waals surface area contributed by atoms with E-state index in [1.165, 1.54) is 16.4 Å². The molecule has 0 aliphatic rings. The average Bonchev–Trinajstić information content (AvgIpc) is 3.11. The molecular formula is C17H15Cl2N5O2S. The summed E-state index contributed by atoms with van der Waals surface area (Å²) in [5, 5.41) is 15.8. The van der Waals surface area contributed by atoms with Crippen LogP contribution in [0.5, 0.6) is 5.75 Å². The lowest BCUT2D eigenvalue weighted by Crippen LogP contribution is -2.15. The Kier molecular flexibility index (Phi) is 6.54. The molecule has 0 unspecified atom stereocenters. The number of ether oxygens (including phenoxy) is 1. The Morgan fingerprint density at radius 3 is 2.85 bits per heavy atom. The molecule has 10 heteroatoms. The van der Waals surface area contributed by atoms with E-state index >= 15 is 0 Å². The van der Waals surface area contributed by atoms with E-state index in [-0.39, 0.29) is 11.7 Å². The van der Waals surface area contributed by atoms with Crippen molar-refractivity contribution in [3.05, 3.63) is 52.5 Å². The number of anilines is 1. The molecule has 1 N–H and O–H groups in total. The number of aromatic nitrogens is 4. The number of tetrazole rings is 1. The van der Waals surface area contributed by atoms with Gasteiger partial charge in [0, 0.05) is 5.02 Å². The Hall–Kier alpha value is -2.29. The molecule has 3 aromatic rings. The minimum absolute atomic E-state index is 0.107. The Morgan fingerprint density at radius 2 is 2.07 bits per heavy atom. The van der Waals surface area contributed by atoms with Gasteiger partial charge in [-0.1, -0.05) is 47.1 Å². The number of para-hydroxylation sites is 2. The first kappa shape index (κ1) is 19.5. The molecule has 1 aromatic heterocycles. The number of rotatable bonds is 7. The van der Waals surface area contributed by atoms with Crippen LogP contribution in [0, 0.1) is 0 Å². The third-order valence-electron chi connectivity index (χ3n) is 3.37. The minimum Gasteiger partial charge on any atom is -0.492 e. The lowest BCUT2D eigenvalue weighted by molar-refractivity contribution is -0.113. The van der Waals surface area contributed by atoms with Gasteiger partial charge in [0.05, 0.1) is 23.1 Å². The van der Waals surface area contributed by atoms with E-state index < -0.39 is 0 Å². The normalized spacial score (nSPS) is 10.6. The molecule has 3 rings (SSSR count). The maximum absolute atomic E-state index is 12.2. The molecule has 0 saturated carbocycles. The third kappa shape index (κ3) is 4.91. The highest BCUT2D eigenvalue weighted by atomic mass is 35.5. The molecule has 0 saturated heterocycles. The Balaban J connectivity index is 1.69. The smallest absolute Gasteiger partial charge is 0.234 e. The molecule has 0 fully saturated rings. The van der Waals surface area contributed by atoms with E-state index in [0.29, 0.717) is 38.9 Å². The summed E-state index contributed by atoms with van der Waals surface area (Å²) in [6.07, 6.45) is 0. The average molecular weight is 424 g/mol. The predicted octanol–water partition coefficient (Wildman–Crippen LogP) is 4.10. The zero-order valence-corrected chi connectivity index (χ0v) is 16.6. The van der Waals surface area contributed by atoms with E-state index in [4.69, 9.17) is 27.9 Å². The summed E-state index contributed by atoms with van der Waals surface area (Å²) >= 11 is 13.1. The van der Waals surface area contributed by atoms with Gasteiger partial charge < -0.3 is 10.1 Å². The maximum Gasteiger partial charge on any atom is 0.234 e.